The smallest absolute Gasteiger partial charge is 0.0640 e. The number of allylic oxidation sites excluding steroid dienone is 1. The van der Waals surface area contributed by atoms with Gasteiger partial charge in [0, 0.05) is 31.8 Å². The van der Waals surface area contributed by atoms with Gasteiger partial charge in [0.25, 0.3) is 0 Å². The number of hydrogen-bond acceptors (Lipinski definition) is 1. The highest BCUT2D eigenvalue weighted by molar-refractivity contribution is 7.20. The predicted molar refractivity (Wildman–Crippen MR) is 177 cm³/mol. The second kappa shape index (κ2) is 7.87. The van der Waals surface area contributed by atoms with Crippen LogP contribution in [0, 0.1) is 0 Å². The third-order valence-electron chi connectivity index (χ3n) is 9.14. The number of thiophene rings is 1. The van der Waals surface area contributed by atoms with E-state index >= 15 is 0 Å². The van der Waals surface area contributed by atoms with E-state index in [1.807, 2.05) is 11.3 Å². The summed E-state index contributed by atoms with van der Waals surface area (Å²) in [6, 6.07) is 40.6. The molecule has 10 rings (SSSR count). The van der Waals surface area contributed by atoms with Crippen molar-refractivity contribution >= 4 is 87.4 Å². The molecule has 4 heterocycles. The Labute approximate surface area is 240 Å². The molecular weight excluding hydrogens is 516 g/mol. The molecule has 1 aliphatic carbocycles. The van der Waals surface area contributed by atoms with Crippen molar-refractivity contribution in [3.63, 3.8) is 0 Å². The van der Waals surface area contributed by atoms with Gasteiger partial charge in [0.05, 0.1) is 38.0 Å². The summed E-state index contributed by atoms with van der Waals surface area (Å²) in [6.07, 6.45) is 6.89. The van der Waals surface area contributed by atoms with Gasteiger partial charge in [-0.25, -0.2) is 0 Å². The van der Waals surface area contributed by atoms with Crippen molar-refractivity contribution in [2.45, 2.75) is 12.8 Å². The Morgan fingerprint density at radius 3 is 2.20 bits per heavy atom. The van der Waals surface area contributed by atoms with Crippen LogP contribution in [0.2, 0.25) is 0 Å². The fourth-order valence-electron chi connectivity index (χ4n) is 7.45. The minimum Gasteiger partial charge on any atom is -0.308 e. The van der Waals surface area contributed by atoms with Gasteiger partial charge in [0.2, 0.25) is 0 Å². The molecule has 0 radical (unpaired) electrons. The number of para-hydroxylation sites is 2. The first kappa shape index (κ1) is 21.9. The van der Waals surface area contributed by atoms with E-state index in [4.69, 9.17) is 0 Å². The van der Waals surface area contributed by atoms with E-state index in [2.05, 4.69) is 130 Å². The number of benzene rings is 5. The molecule has 1 aliphatic rings. The summed E-state index contributed by atoms with van der Waals surface area (Å²) in [7, 11) is 0. The molecule has 3 heteroatoms. The molecule has 0 amide bonds. The summed E-state index contributed by atoms with van der Waals surface area (Å²) in [5, 5.41) is 9.18. The van der Waals surface area contributed by atoms with Crippen LogP contribution in [0.4, 0.5) is 0 Å². The second-order valence-electron chi connectivity index (χ2n) is 11.2. The molecule has 0 bridgehead atoms. The zero-order chi connectivity index (χ0) is 26.7. The molecule has 2 nitrogen and oxygen atoms in total. The first-order valence-corrected chi connectivity index (χ1v) is 15.2. The lowest BCUT2D eigenvalue weighted by atomic mass is 10.0. The van der Waals surface area contributed by atoms with Gasteiger partial charge in [-0.05, 0) is 65.6 Å². The lowest BCUT2D eigenvalue weighted by Gasteiger charge is -2.11. The van der Waals surface area contributed by atoms with Gasteiger partial charge in [0.15, 0.2) is 0 Å². The van der Waals surface area contributed by atoms with E-state index in [-0.39, 0.29) is 0 Å². The van der Waals surface area contributed by atoms with E-state index in [1.54, 1.807) is 0 Å². The lowest BCUT2D eigenvalue weighted by Crippen LogP contribution is -1.95. The largest absolute Gasteiger partial charge is 0.308 e. The van der Waals surface area contributed by atoms with Crippen molar-refractivity contribution in [1.29, 1.82) is 0 Å². The third kappa shape index (κ3) is 2.77. The molecule has 0 unspecified atom stereocenters. The van der Waals surface area contributed by atoms with E-state index in [9.17, 15) is 0 Å². The zero-order valence-electron chi connectivity index (χ0n) is 22.3. The molecule has 0 fully saturated rings. The van der Waals surface area contributed by atoms with Crippen LogP contribution in [0.3, 0.4) is 0 Å². The summed E-state index contributed by atoms with van der Waals surface area (Å²) in [4.78, 5) is 1.41. The summed E-state index contributed by atoms with van der Waals surface area (Å²) in [5.41, 5.74) is 9.09. The Morgan fingerprint density at radius 2 is 1.32 bits per heavy atom. The van der Waals surface area contributed by atoms with Crippen molar-refractivity contribution in [2.24, 2.45) is 0 Å². The van der Waals surface area contributed by atoms with Crippen LogP contribution in [0.1, 0.15) is 16.9 Å². The number of aromatic nitrogens is 2. The second-order valence-corrected chi connectivity index (χ2v) is 12.3. The Bertz CT molecular complexity index is 2590. The standard InChI is InChI=1S/C38H24N2S/c1-2-12-26-24(10-1)25-11-3-6-16-30(25)40-34(26)22-23-20-21-32-36(37(23)40)29-14-4-7-17-31(29)39(32)33-18-9-15-28-27-13-5-8-19-35(27)41-38(28)33/h1-4,6-12,14-22H,5,13H2. The Morgan fingerprint density at radius 1 is 0.585 bits per heavy atom. The number of fused-ring (bicyclic) bond motifs is 15. The monoisotopic (exact) mass is 540 g/mol. The van der Waals surface area contributed by atoms with Crippen LogP contribution in [-0.2, 0) is 6.42 Å². The van der Waals surface area contributed by atoms with Gasteiger partial charge in [-0.15, -0.1) is 11.3 Å². The fourth-order valence-corrected chi connectivity index (χ4v) is 8.74. The van der Waals surface area contributed by atoms with Gasteiger partial charge in [-0.1, -0.05) is 84.9 Å². The summed E-state index contributed by atoms with van der Waals surface area (Å²) in [5.74, 6) is 0. The van der Waals surface area contributed by atoms with Crippen molar-refractivity contribution < 1.29 is 0 Å². The molecule has 5 aromatic carbocycles. The van der Waals surface area contributed by atoms with Crippen molar-refractivity contribution in [3.8, 4) is 5.69 Å². The minimum atomic E-state index is 1.13. The van der Waals surface area contributed by atoms with E-state index in [0.29, 0.717) is 0 Å². The quantitative estimate of drug-likeness (QED) is 0.183. The number of aryl methyl sites for hydroxylation is 1. The molecular formula is C38H24N2S. The number of rotatable bonds is 1. The molecule has 0 aliphatic heterocycles. The molecule has 0 atom stereocenters. The van der Waals surface area contributed by atoms with E-state index in [0.717, 1.165) is 12.8 Å². The maximum absolute atomic E-state index is 2.52. The van der Waals surface area contributed by atoms with Crippen LogP contribution in [0.15, 0.2) is 115 Å². The fraction of sp³-hybridized carbons (Fsp3) is 0.0526. The molecule has 192 valence electrons. The maximum Gasteiger partial charge on any atom is 0.0640 e. The topological polar surface area (TPSA) is 9.34 Å². The zero-order valence-corrected chi connectivity index (χ0v) is 23.1. The van der Waals surface area contributed by atoms with Gasteiger partial charge in [-0.2, -0.15) is 0 Å². The van der Waals surface area contributed by atoms with Crippen LogP contribution < -0.4 is 0 Å². The highest BCUT2D eigenvalue weighted by Crippen LogP contribution is 2.44. The number of nitrogens with zero attached hydrogens (tertiary/aromatic N) is 2. The number of hydrogen-bond donors (Lipinski definition) is 0. The SMILES string of the molecule is C1=Cc2sc3c(-n4c5ccccc5c5c4ccc4cc6c7ccccc7c7ccccc7n6c45)cccc3c2CC1. The van der Waals surface area contributed by atoms with Gasteiger partial charge in [-0.3, -0.25) is 0 Å². The summed E-state index contributed by atoms with van der Waals surface area (Å²) < 4.78 is 6.41. The average Bonchev–Trinajstić information content (AvgIpc) is 3.71. The van der Waals surface area contributed by atoms with E-state index in [1.165, 1.54) is 86.1 Å². The first-order chi connectivity index (χ1) is 20.4. The van der Waals surface area contributed by atoms with Crippen molar-refractivity contribution in [3.05, 3.63) is 126 Å². The third-order valence-corrected chi connectivity index (χ3v) is 10.4. The van der Waals surface area contributed by atoms with Crippen LogP contribution in [0.25, 0.3) is 81.8 Å². The lowest BCUT2D eigenvalue weighted by molar-refractivity contribution is 1.01. The van der Waals surface area contributed by atoms with Gasteiger partial charge < -0.3 is 8.97 Å². The minimum absolute atomic E-state index is 1.13. The number of pyridine rings is 1. The molecule has 9 aromatic rings. The molecule has 0 saturated carbocycles. The first-order valence-electron chi connectivity index (χ1n) is 14.3. The van der Waals surface area contributed by atoms with Crippen molar-refractivity contribution in [2.75, 3.05) is 0 Å². The maximum atomic E-state index is 2.52. The molecule has 0 spiro atoms. The van der Waals surface area contributed by atoms with Crippen LogP contribution >= 0.6 is 11.3 Å². The summed E-state index contributed by atoms with van der Waals surface area (Å²) in [6.45, 7) is 0. The Balaban J connectivity index is 1.43. The average molecular weight is 541 g/mol. The van der Waals surface area contributed by atoms with Crippen LogP contribution in [-0.4, -0.2) is 8.97 Å². The molecule has 41 heavy (non-hydrogen) atoms. The van der Waals surface area contributed by atoms with Gasteiger partial charge >= 0.3 is 0 Å². The predicted octanol–water partition coefficient (Wildman–Crippen LogP) is 10.7. The van der Waals surface area contributed by atoms with Crippen LogP contribution in [0.5, 0.6) is 0 Å². The van der Waals surface area contributed by atoms with E-state index < -0.39 is 0 Å². The highest BCUT2D eigenvalue weighted by atomic mass is 32.1. The Hall–Kier alpha value is -4.86. The molecule has 0 N–H and O–H groups in total. The summed E-state index contributed by atoms with van der Waals surface area (Å²) >= 11 is 1.94. The Kier molecular flexibility index (Phi) is 4.20. The normalized spacial score (nSPS) is 13.6. The molecule has 0 saturated heterocycles. The van der Waals surface area contributed by atoms with Gasteiger partial charge in [0.1, 0.15) is 0 Å². The molecule has 4 aromatic heterocycles. The van der Waals surface area contributed by atoms with Crippen molar-refractivity contribution in [1.82, 2.24) is 8.97 Å². The highest BCUT2D eigenvalue weighted by Gasteiger charge is 2.22.